The summed E-state index contributed by atoms with van der Waals surface area (Å²) in [5.41, 5.74) is 5.83. The van der Waals surface area contributed by atoms with E-state index < -0.39 is 23.5 Å². The summed E-state index contributed by atoms with van der Waals surface area (Å²) < 4.78 is 23.9. The molecule has 212 valence electrons. The lowest BCUT2D eigenvalue weighted by atomic mass is 10.0. The van der Waals surface area contributed by atoms with Crippen molar-refractivity contribution in [1.29, 1.82) is 0 Å². The van der Waals surface area contributed by atoms with Crippen molar-refractivity contribution in [2.24, 2.45) is 5.73 Å². The molecular formula is C26H36FN7O5. The van der Waals surface area contributed by atoms with Gasteiger partial charge in [0.15, 0.2) is 0 Å². The van der Waals surface area contributed by atoms with E-state index in [0.29, 0.717) is 71.1 Å². The Morgan fingerprint density at radius 2 is 1.69 bits per heavy atom. The van der Waals surface area contributed by atoms with Gasteiger partial charge in [-0.25, -0.2) is 4.39 Å². The largest absolute Gasteiger partial charge is 0.378 e. The monoisotopic (exact) mass is 545 g/mol. The Balaban J connectivity index is 1.29. The highest BCUT2D eigenvalue weighted by Gasteiger charge is 2.28. The van der Waals surface area contributed by atoms with E-state index in [4.69, 9.17) is 15.0 Å². The second-order valence-corrected chi connectivity index (χ2v) is 9.74. The van der Waals surface area contributed by atoms with Gasteiger partial charge in [-0.3, -0.25) is 24.2 Å². The molecule has 1 aromatic carbocycles. The number of amides is 2. The van der Waals surface area contributed by atoms with Crippen LogP contribution in [0.15, 0.2) is 28.8 Å². The molecule has 0 saturated carbocycles. The summed E-state index contributed by atoms with van der Waals surface area (Å²) >= 11 is 0. The van der Waals surface area contributed by atoms with E-state index in [1.54, 1.807) is 0 Å². The molecule has 2 fully saturated rings. The zero-order valence-electron chi connectivity index (χ0n) is 22.0. The quantitative estimate of drug-likeness (QED) is 0.282. The second kappa shape index (κ2) is 14.2. The molecule has 1 aromatic heterocycles. The van der Waals surface area contributed by atoms with E-state index in [2.05, 4.69) is 25.3 Å². The summed E-state index contributed by atoms with van der Waals surface area (Å²) in [7, 11) is 0. The van der Waals surface area contributed by atoms with Gasteiger partial charge in [0, 0.05) is 44.8 Å². The number of nitrogens with zero attached hydrogens (tertiary/aromatic N) is 5. The lowest BCUT2D eigenvalue weighted by Gasteiger charge is -2.35. The van der Waals surface area contributed by atoms with Crippen molar-refractivity contribution in [3.63, 3.8) is 0 Å². The maximum absolute atomic E-state index is 13.2. The second-order valence-electron chi connectivity index (χ2n) is 9.74. The first-order chi connectivity index (χ1) is 18.9. The Morgan fingerprint density at radius 1 is 1.00 bits per heavy atom. The molecular weight excluding hydrogens is 509 g/mol. The molecule has 3 heterocycles. The van der Waals surface area contributed by atoms with Crippen LogP contribution in [0, 0.1) is 5.82 Å². The van der Waals surface area contributed by atoms with Crippen LogP contribution in [0.2, 0.25) is 0 Å². The van der Waals surface area contributed by atoms with Crippen molar-refractivity contribution in [3.05, 3.63) is 47.4 Å². The molecule has 1 unspecified atom stereocenters. The minimum atomic E-state index is -0.868. The van der Waals surface area contributed by atoms with Crippen molar-refractivity contribution in [2.75, 3.05) is 65.6 Å². The van der Waals surface area contributed by atoms with Crippen LogP contribution in [-0.2, 0) is 16.1 Å². The van der Waals surface area contributed by atoms with Crippen LogP contribution >= 0.6 is 0 Å². The van der Waals surface area contributed by atoms with E-state index in [-0.39, 0.29) is 17.3 Å². The van der Waals surface area contributed by atoms with Gasteiger partial charge in [0.2, 0.25) is 23.4 Å². The third-order valence-electron chi connectivity index (χ3n) is 6.91. The number of ketones is 1. The number of morpholine rings is 1. The maximum Gasteiger partial charge on any atom is 0.251 e. The van der Waals surface area contributed by atoms with E-state index in [1.807, 2.05) is 4.90 Å². The first kappa shape index (κ1) is 28.7. The first-order valence-corrected chi connectivity index (χ1v) is 13.4. The van der Waals surface area contributed by atoms with Gasteiger partial charge in [-0.2, -0.15) is 4.98 Å². The van der Waals surface area contributed by atoms with E-state index >= 15 is 0 Å². The molecule has 2 saturated heterocycles. The van der Waals surface area contributed by atoms with Crippen LogP contribution in [0.1, 0.15) is 46.1 Å². The summed E-state index contributed by atoms with van der Waals surface area (Å²) in [5.74, 6) is -1.07. The Hall–Kier alpha value is -3.26. The van der Waals surface area contributed by atoms with Crippen LogP contribution in [0.5, 0.6) is 0 Å². The number of Topliss-reactive ketones (excluding diaryl/α,β-unsaturated/α-hetero) is 1. The number of halogens is 1. The zero-order chi connectivity index (χ0) is 27.6. The van der Waals surface area contributed by atoms with Gasteiger partial charge in [0.05, 0.1) is 32.3 Å². The minimum absolute atomic E-state index is 0.100. The number of ether oxygens (including phenoxy) is 1. The summed E-state index contributed by atoms with van der Waals surface area (Å²) in [6, 6.07) is 4.22. The van der Waals surface area contributed by atoms with Gasteiger partial charge >= 0.3 is 0 Å². The number of unbranched alkanes of at least 4 members (excludes halogenated alkanes) is 1. The summed E-state index contributed by atoms with van der Waals surface area (Å²) in [6.07, 6.45) is 1.68. The van der Waals surface area contributed by atoms with Gasteiger partial charge < -0.3 is 25.2 Å². The van der Waals surface area contributed by atoms with Crippen LogP contribution < -0.4 is 11.1 Å². The average molecular weight is 546 g/mol. The number of rotatable bonds is 12. The maximum atomic E-state index is 13.2. The molecule has 3 N–H and O–H groups in total. The number of aromatic nitrogens is 2. The molecule has 39 heavy (non-hydrogen) atoms. The summed E-state index contributed by atoms with van der Waals surface area (Å²) in [5, 5.41) is 6.59. The van der Waals surface area contributed by atoms with Gasteiger partial charge in [0.1, 0.15) is 5.82 Å². The molecule has 2 amide bonds. The topological polar surface area (TPSA) is 147 Å². The number of carbonyl (C=O) groups excluding carboxylic acids is 3. The predicted molar refractivity (Wildman–Crippen MR) is 138 cm³/mol. The van der Waals surface area contributed by atoms with Crippen molar-refractivity contribution in [2.45, 2.75) is 31.8 Å². The molecule has 4 rings (SSSR count). The van der Waals surface area contributed by atoms with Gasteiger partial charge in [-0.05, 0) is 50.1 Å². The number of hydrogen-bond donors (Lipinski definition) is 2. The molecule has 13 heteroatoms. The number of nitrogens with one attached hydrogen (secondary N) is 1. The molecule has 0 aliphatic carbocycles. The molecule has 2 aliphatic heterocycles. The Bertz CT molecular complexity index is 1100. The van der Waals surface area contributed by atoms with Crippen molar-refractivity contribution in [1.82, 2.24) is 30.2 Å². The van der Waals surface area contributed by atoms with Crippen molar-refractivity contribution >= 4 is 17.6 Å². The fourth-order valence-corrected chi connectivity index (χ4v) is 4.58. The molecule has 1 atom stereocenters. The Kier molecular flexibility index (Phi) is 10.5. The van der Waals surface area contributed by atoms with Gasteiger partial charge in [-0.1, -0.05) is 5.16 Å². The molecule has 2 aromatic rings. The molecule has 0 radical (unpaired) electrons. The van der Waals surface area contributed by atoms with Gasteiger partial charge in [0.25, 0.3) is 5.91 Å². The SMILES string of the molecule is NCCCCC(NC(=O)c1ccc(F)cc1)C(=O)c1noc(CN2CCN(CC(=O)N3CCOCC3)CC2)n1. The number of carbonyl (C=O) groups is 3. The number of piperazine rings is 1. The number of nitrogens with two attached hydrogens (primary N) is 1. The Labute approximate surface area is 226 Å². The standard InChI is InChI=1S/C26H36FN7O5/c27-20-6-4-19(5-7-20)26(37)29-21(3-1-2-8-28)24(36)25-30-22(39-31-25)17-32-9-11-33(12-10-32)18-23(35)34-13-15-38-16-14-34/h4-7,21H,1-3,8-18,28H2,(H,29,37). The minimum Gasteiger partial charge on any atom is -0.378 e. The highest BCUT2D eigenvalue weighted by Crippen LogP contribution is 2.12. The third kappa shape index (κ3) is 8.36. The lowest BCUT2D eigenvalue weighted by Crippen LogP contribution is -2.51. The third-order valence-corrected chi connectivity index (χ3v) is 6.91. The highest BCUT2D eigenvalue weighted by molar-refractivity contribution is 6.02. The smallest absolute Gasteiger partial charge is 0.251 e. The first-order valence-electron chi connectivity index (χ1n) is 13.4. The molecule has 12 nitrogen and oxygen atoms in total. The number of benzene rings is 1. The molecule has 0 spiro atoms. The van der Waals surface area contributed by atoms with E-state index in [0.717, 1.165) is 26.2 Å². The fraction of sp³-hybridized carbons (Fsp3) is 0.577. The molecule has 2 aliphatic rings. The van der Waals surface area contributed by atoms with E-state index in [9.17, 15) is 18.8 Å². The fourth-order valence-electron chi connectivity index (χ4n) is 4.58. The van der Waals surface area contributed by atoms with Gasteiger partial charge in [-0.15, -0.1) is 0 Å². The van der Waals surface area contributed by atoms with Crippen molar-refractivity contribution < 1.29 is 28.0 Å². The van der Waals surface area contributed by atoms with Crippen LogP contribution in [0.4, 0.5) is 4.39 Å². The number of hydrogen-bond acceptors (Lipinski definition) is 10. The predicted octanol–water partition coefficient (Wildman–Crippen LogP) is 0.295. The van der Waals surface area contributed by atoms with Crippen molar-refractivity contribution in [3.8, 4) is 0 Å². The van der Waals surface area contributed by atoms with Crippen LogP contribution in [-0.4, -0.2) is 114 Å². The summed E-state index contributed by atoms with van der Waals surface area (Å²) in [6.45, 7) is 6.59. The highest BCUT2D eigenvalue weighted by atomic mass is 19.1. The molecule has 0 bridgehead atoms. The lowest BCUT2D eigenvalue weighted by molar-refractivity contribution is -0.136. The van der Waals surface area contributed by atoms with E-state index in [1.165, 1.54) is 24.3 Å². The summed E-state index contributed by atoms with van der Waals surface area (Å²) in [4.78, 5) is 48.8. The Morgan fingerprint density at radius 3 is 2.38 bits per heavy atom. The normalized spacial score (nSPS) is 17.6. The van der Waals surface area contributed by atoms with Crippen LogP contribution in [0.3, 0.4) is 0 Å². The zero-order valence-corrected chi connectivity index (χ0v) is 22.0. The average Bonchev–Trinajstić information content (AvgIpc) is 3.42. The van der Waals surface area contributed by atoms with Crippen LogP contribution in [0.25, 0.3) is 0 Å².